The van der Waals surface area contributed by atoms with Crippen LogP contribution in [0, 0.1) is 10.1 Å². The molecule has 0 aromatic heterocycles. The molecule has 0 saturated carbocycles. The van der Waals surface area contributed by atoms with Crippen molar-refractivity contribution in [1.82, 2.24) is 9.80 Å². The van der Waals surface area contributed by atoms with E-state index in [-0.39, 0.29) is 6.04 Å². The maximum Gasteiger partial charge on any atom is 0.387 e. The van der Waals surface area contributed by atoms with Crippen molar-refractivity contribution < 1.29 is 18.4 Å². The first-order chi connectivity index (χ1) is 11.3. The largest absolute Gasteiger partial charge is 0.427 e. The average molecular weight is 344 g/mol. The molecule has 1 aromatic rings. The zero-order chi connectivity index (χ0) is 17.7. The molecule has 1 saturated heterocycles. The Bertz CT molecular complexity index is 566. The van der Waals surface area contributed by atoms with Gasteiger partial charge in [-0.1, -0.05) is 0 Å². The fourth-order valence-corrected chi connectivity index (χ4v) is 2.69. The normalized spacial score (nSPS) is 17.7. The molecule has 2 rings (SSSR count). The number of piperazine rings is 1. The van der Waals surface area contributed by atoms with E-state index in [9.17, 15) is 18.9 Å². The predicted octanol–water partition coefficient (Wildman–Crippen LogP) is 2.24. The first-order valence-electron chi connectivity index (χ1n) is 7.76. The van der Waals surface area contributed by atoms with Crippen LogP contribution >= 0.6 is 0 Å². The lowest BCUT2D eigenvalue weighted by Gasteiger charge is -2.34. The molecule has 0 bridgehead atoms. The number of hydrogen-bond acceptors (Lipinski definition) is 6. The summed E-state index contributed by atoms with van der Waals surface area (Å²) in [6.45, 7) is 3.64. The standard InChI is InChI=1S/C15H22F2N4O3/c1-11(10-20-7-5-19(2)6-8-20)18-12-3-4-13(21(22)23)14(9-12)24-15(16)17/h3-4,9,11,15,18H,5-8,10H2,1-2H3. The molecule has 24 heavy (non-hydrogen) atoms. The maximum atomic E-state index is 12.4. The number of benzene rings is 1. The number of anilines is 1. The summed E-state index contributed by atoms with van der Waals surface area (Å²) in [7, 11) is 2.08. The molecule has 7 nitrogen and oxygen atoms in total. The first-order valence-corrected chi connectivity index (χ1v) is 7.76. The Kier molecular flexibility index (Phi) is 6.27. The highest BCUT2D eigenvalue weighted by Crippen LogP contribution is 2.31. The van der Waals surface area contributed by atoms with Crippen LogP contribution in [0.25, 0.3) is 0 Å². The van der Waals surface area contributed by atoms with Gasteiger partial charge in [0.15, 0.2) is 0 Å². The van der Waals surface area contributed by atoms with Gasteiger partial charge in [-0.3, -0.25) is 15.0 Å². The summed E-state index contributed by atoms with van der Waals surface area (Å²) in [4.78, 5) is 14.7. The van der Waals surface area contributed by atoms with E-state index >= 15 is 0 Å². The zero-order valence-electron chi connectivity index (χ0n) is 13.7. The summed E-state index contributed by atoms with van der Waals surface area (Å²) in [5, 5.41) is 14.1. The predicted molar refractivity (Wildman–Crippen MR) is 86.8 cm³/mol. The lowest BCUT2D eigenvalue weighted by atomic mass is 10.2. The first kappa shape index (κ1) is 18.3. The van der Waals surface area contributed by atoms with E-state index in [1.807, 2.05) is 6.92 Å². The number of ether oxygens (including phenoxy) is 1. The van der Waals surface area contributed by atoms with Gasteiger partial charge in [-0.05, 0) is 20.0 Å². The van der Waals surface area contributed by atoms with Crippen LogP contribution in [-0.2, 0) is 0 Å². The van der Waals surface area contributed by atoms with E-state index in [1.54, 1.807) is 0 Å². The molecular weight excluding hydrogens is 322 g/mol. The van der Waals surface area contributed by atoms with Crippen molar-refractivity contribution in [3.63, 3.8) is 0 Å². The molecule has 0 aliphatic carbocycles. The minimum absolute atomic E-state index is 0.0641. The molecule has 1 atom stereocenters. The average Bonchev–Trinajstić information content (AvgIpc) is 2.49. The van der Waals surface area contributed by atoms with Crippen molar-refractivity contribution in [2.75, 3.05) is 45.1 Å². The van der Waals surface area contributed by atoms with Crippen molar-refractivity contribution in [2.24, 2.45) is 0 Å². The van der Waals surface area contributed by atoms with Crippen molar-refractivity contribution in [1.29, 1.82) is 0 Å². The summed E-state index contributed by atoms with van der Waals surface area (Å²) in [5.41, 5.74) is 0.0328. The molecule has 9 heteroatoms. The molecule has 1 fully saturated rings. The molecule has 0 amide bonds. The van der Waals surface area contributed by atoms with Gasteiger partial charge in [0, 0.05) is 56.6 Å². The van der Waals surface area contributed by atoms with Crippen LogP contribution in [-0.4, -0.2) is 67.1 Å². The minimum Gasteiger partial charge on any atom is -0.427 e. The van der Waals surface area contributed by atoms with Crippen LogP contribution in [0.3, 0.4) is 0 Å². The summed E-state index contributed by atoms with van der Waals surface area (Å²) in [5.74, 6) is -0.438. The van der Waals surface area contributed by atoms with Gasteiger partial charge in [0.2, 0.25) is 5.75 Å². The number of rotatable bonds is 7. The van der Waals surface area contributed by atoms with E-state index in [0.29, 0.717) is 5.69 Å². The van der Waals surface area contributed by atoms with E-state index in [0.717, 1.165) is 32.7 Å². The Morgan fingerprint density at radius 1 is 1.33 bits per heavy atom. The van der Waals surface area contributed by atoms with Gasteiger partial charge in [0.05, 0.1) is 4.92 Å². The van der Waals surface area contributed by atoms with Gasteiger partial charge in [-0.15, -0.1) is 0 Å². The minimum atomic E-state index is -3.11. The molecule has 1 N–H and O–H groups in total. The number of likely N-dealkylation sites (N-methyl/N-ethyl adjacent to an activating group) is 1. The van der Waals surface area contributed by atoms with Crippen molar-refractivity contribution in [3.05, 3.63) is 28.3 Å². The third-order valence-corrected chi connectivity index (χ3v) is 3.91. The third kappa shape index (κ3) is 5.27. The summed E-state index contributed by atoms with van der Waals surface area (Å²) >= 11 is 0. The van der Waals surface area contributed by atoms with Gasteiger partial charge in [-0.25, -0.2) is 0 Å². The number of halogens is 2. The Morgan fingerprint density at radius 3 is 2.58 bits per heavy atom. The topological polar surface area (TPSA) is 70.9 Å². The third-order valence-electron chi connectivity index (χ3n) is 3.91. The molecule has 1 aliphatic heterocycles. The second-order valence-electron chi connectivity index (χ2n) is 5.97. The highest BCUT2D eigenvalue weighted by atomic mass is 19.3. The lowest BCUT2D eigenvalue weighted by Crippen LogP contribution is -2.47. The Morgan fingerprint density at radius 2 is 2.00 bits per heavy atom. The van der Waals surface area contributed by atoms with Crippen LogP contribution in [0.2, 0.25) is 0 Å². The van der Waals surface area contributed by atoms with E-state index in [2.05, 4.69) is 26.9 Å². The van der Waals surface area contributed by atoms with Crippen LogP contribution in [0.15, 0.2) is 18.2 Å². The van der Waals surface area contributed by atoms with Crippen LogP contribution in [0.4, 0.5) is 20.2 Å². The maximum absolute atomic E-state index is 12.4. The van der Waals surface area contributed by atoms with E-state index in [1.165, 1.54) is 18.2 Å². The van der Waals surface area contributed by atoms with Crippen LogP contribution < -0.4 is 10.1 Å². The van der Waals surface area contributed by atoms with Gasteiger partial charge in [0.25, 0.3) is 0 Å². The van der Waals surface area contributed by atoms with Crippen LogP contribution in [0.5, 0.6) is 5.75 Å². The SMILES string of the molecule is CC(CN1CCN(C)CC1)Nc1ccc([N+](=O)[O-])c(OC(F)F)c1. The summed E-state index contributed by atoms with van der Waals surface area (Å²) < 4.78 is 29.1. The molecule has 0 spiro atoms. The molecule has 0 radical (unpaired) electrons. The monoisotopic (exact) mass is 344 g/mol. The highest BCUT2D eigenvalue weighted by molar-refractivity contribution is 5.58. The smallest absolute Gasteiger partial charge is 0.387 e. The molecule has 1 unspecified atom stereocenters. The van der Waals surface area contributed by atoms with E-state index in [4.69, 9.17) is 0 Å². The second kappa shape index (κ2) is 8.20. The second-order valence-corrected chi connectivity index (χ2v) is 5.97. The van der Waals surface area contributed by atoms with Crippen LogP contribution in [0.1, 0.15) is 6.92 Å². The highest BCUT2D eigenvalue weighted by Gasteiger charge is 2.20. The Balaban J connectivity index is 1.99. The quantitative estimate of drug-likeness (QED) is 0.604. The number of alkyl halides is 2. The molecule has 134 valence electrons. The molecule has 1 aliphatic rings. The lowest BCUT2D eigenvalue weighted by molar-refractivity contribution is -0.386. The molecule has 1 aromatic carbocycles. The van der Waals surface area contributed by atoms with Gasteiger partial charge >= 0.3 is 12.3 Å². The fraction of sp³-hybridized carbons (Fsp3) is 0.600. The summed E-state index contributed by atoms with van der Waals surface area (Å²) in [6, 6.07) is 3.97. The number of nitrogens with one attached hydrogen (secondary N) is 1. The Hall–Kier alpha value is -2.00. The van der Waals surface area contributed by atoms with Crippen molar-refractivity contribution >= 4 is 11.4 Å². The fourth-order valence-electron chi connectivity index (χ4n) is 2.69. The van der Waals surface area contributed by atoms with Crippen molar-refractivity contribution in [2.45, 2.75) is 19.6 Å². The van der Waals surface area contributed by atoms with Gasteiger partial charge in [0.1, 0.15) is 0 Å². The zero-order valence-corrected chi connectivity index (χ0v) is 13.7. The van der Waals surface area contributed by atoms with Crippen molar-refractivity contribution in [3.8, 4) is 5.75 Å². The number of nitro benzene ring substituents is 1. The number of hydrogen-bond donors (Lipinski definition) is 1. The van der Waals surface area contributed by atoms with E-state index < -0.39 is 23.0 Å². The number of nitrogens with zero attached hydrogens (tertiary/aromatic N) is 3. The summed E-state index contributed by atoms with van der Waals surface area (Å²) in [6.07, 6.45) is 0. The Labute approximate surface area is 139 Å². The van der Waals surface area contributed by atoms with Gasteiger partial charge < -0.3 is 15.0 Å². The number of nitro groups is 1. The molecule has 1 heterocycles. The van der Waals surface area contributed by atoms with Gasteiger partial charge in [-0.2, -0.15) is 8.78 Å². The molecular formula is C15H22F2N4O3.